The minimum Gasteiger partial charge on any atom is -0.478 e. The van der Waals surface area contributed by atoms with Crippen molar-refractivity contribution in [2.24, 2.45) is 0 Å². The molecule has 2 aromatic heterocycles. The van der Waals surface area contributed by atoms with E-state index in [1.807, 2.05) is 18.2 Å². The third-order valence-electron chi connectivity index (χ3n) is 3.44. The zero-order chi connectivity index (χ0) is 17.2. The van der Waals surface area contributed by atoms with Crippen LogP contribution < -0.4 is 10.1 Å². The zero-order valence-corrected chi connectivity index (χ0v) is 12.8. The SMILES string of the molecule is CCOc1cc(C(F)(F)F)cc(NCc2cccc3cn[nH]c23)n1. The molecule has 0 aliphatic carbocycles. The van der Waals surface area contributed by atoms with Crippen LogP contribution in [0.15, 0.2) is 36.5 Å². The molecule has 0 unspecified atom stereocenters. The van der Waals surface area contributed by atoms with Gasteiger partial charge in [-0.25, -0.2) is 0 Å². The van der Waals surface area contributed by atoms with Crippen molar-refractivity contribution in [1.82, 2.24) is 15.2 Å². The van der Waals surface area contributed by atoms with Gasteiger partial charge in [-0.3, -0.25) is 5.10 Å². The fraction of sp³-hybridized carbons (Fsp3) is 0.250. The molecule has 0 saturated carbocycles. The first-order chi connectivity index (χ1) is 11.5. The van der Waals surface area contributed by atoms with E-state index in [4.69, 9.17) is 4.74 Å². The topological polar surface area (TPSA) is 62.8 Å². The normalized spacial score (nSPS) is 11.7. The Morgan fingerprint density at radius 3 is 2.83 bits per heavy atom. The van der Waals surface area contributed by atoms with Crippen molar-refractivity contribution < 1.29 is 17.9 Å². The number of hydrogen-bond acceptors (Lipinski definition) is 4. The number of ether oxygens (including phenoxy) is 1. The van der Waals surface area contributed by atoms with Gasteiger partial charge in [0.1, 0.15) is 5.82 Å². The smallest absolute Gasteiger partial charge is 0.416 e. The van der Waals surface area contributed by atoms with Crippen LogP contribution in [0.3, 0.4) is 0 Å². The van der Waals surface area contributed by atoms with E-state index in [0.717, 1.165) is 28.6 Å². The summed E-state index contributed by atoms with van der Waals surface area (Å²) in [7, 11) is 0. The first-order valence-electron chi connectivity index (χ1n) is 7.34. The van der Waals surface area contributed by atoms with Crippen LogP contribution in [0.4, 0.5) is 19.0 Å². The molecule has 1 aromatic carbocycles. The summed E-state index contributed by atoms with van der Waals surface area (Å²) in [5.74, 6) is 0.0411. The van der Waals surface area contributed by atoms with E-state index in [-0.39, 0.29) is 18.3 Å². The van der Waals surface area contributed by atoms with Crippen LogP contribution in [-0.4, -0.2) is 21.8 Å². The summed E-state index contributed by atoms with van der Waals surface area (Å²) in [5.41, 5.74) is 0.910. The van der Waals surface area contributed by atoms with Gasteiger partial charge in [-0.2, -0.15) is 23.3 Å². The summed E-state index contributed by atoms with van der Waals surface area (Å²) in [5, 5.41) is 10.7. The second kappa shape index (κ2) is 6.38. The molecular formula is C16H15F3N4O. The van der Waals surface area contributed by atoms with Crippen molar-refractivity contribution in [3.63, 3.8) is 0 Å². The molecular weight excluding hydrogens is 321 g/mol. The Balaban J connectivity index is 1.86. The molecule has 0 spiro atoms. The molecule has 0 bridgehead atoms. The minimum absolute atomic E-state index is 0.0606. The maximum absolute atomic E-state index is 13.0. The van der Waals surface area contributed by atoms with Crippen molar-refractivity contribution in [2.45, 2.75) is 19.6 Å². The molecule has 0 aliphatic rings. The summed E-state index contributed by atoms with van der Waals surface area (Å²) >= 11 is 0. The molecule has 3 aromatic rings. The Morgan fingerprint density at radius 1 is 1.25 bits per heavy atom. The van der Waals surface area contributed by atoms with Crippen LogP contribution >= 0.6 is 0 Å². The van der Waals surface area contributed by atoms with Crippen molar-refractivity contribution in [2.75, 3.05) is 11.9 Å². The number of nitrogens with one attached hydrogen (secondary N) is 2. The third-order valence-corrected chi connectivity index (χ3v) is 3.44. The molecule has 8 heteroatoms. The van der Waals surface area contributed by atoms with Gasteiger partial charge in [0.2, 0.25) is 5.88 Å². The maximum Gasteiger partial charge on any atom is 0.416 e. The van der Waals surface area contributed by atoms with E-state index in [2.05, 4.69) is 20.5 Å². The molecule has 0 atom stereocenters. The van der Waals surface area contributed by atoms with E-state index in [0.29, 0.717) is 6.54 Å². The zero-order valence-electron chi connectivity index (χ0n) is 12.8. The number of rotatable bonds is 5. The van der Waals surface area contributed by atoms with Gasteiger partial charge in [-0.1, -0.05) is 18.2 Å². The van der Waals surface area contributed by atoms with Gasteiger partial charge in [0, 0.05) is 18.0 Å². The molecule has 0 amide bonds. The summed E-state index contributed by atoms with van der Waals surface area (Å²) in [6.07, 6.45) is -2.77. The number of alkyl halides is 3. The average molecular weight is 336 g/mol. The molecule has 24 heavy (non-hydrogen) atoms. The number of aromatic nitrogens is 3. The highest BCUT2D eigenvalue weighted by Gasteiger charge is 2.32. The lowest BCUT2D eigenvalue weighted by Gasteiger charge is -2.13. The Labute approximate surface area is 135 Å². The first kappa shape index (κ1) is 16.1. The van der Waals surface area contributed by atoms with Crippen molar-refractivity contribution >= 4 is 16.7 Å². The Bertz CT molecular complexity index is 845. The number of pyridine rings is 1. The molecule has 0 aliphatic heterocycles. The first-order valence-corrected chi connectivity index (χ1v) is 7.34. The number of halogens is 3. The van der Waals surface area contributed by atoms with Crippen LogP contribution in [0.25, 0.3) is 10.9 Å². The molecule has 0 radical (unpaired) electrons. The van der Waals surface area contributed by atoms with Gasteiger partial charge in [0.05, 0.1) is 23.9 Å². The number of benzene rings is 1. The number of nitrogens with zero attached hydrogens (tertiary/aromatic N) is 2. The number of anilines is 1. The third kappa shape index (κ3) is 3.42. The fourth-order valence-corrected chi connectivity index (χ4v) is 2.34. The van der Waals surface area contributed by atoms with E-state index in [1.165, 1.54) is 0 Å². The van der Waals surface area contributed by atoms with Crippen molar-refractivity contribution in [3.8, 4) is 5.88 Å². The highest BCUT2D eigenvalue weighted by Crippen LogP contribution is 2.32. The Morgan fingerprint density at radius 2 is 2.08 bits per heavy atom. The van der Waals surface area contributed by atoms with Gasteiger partial charge in [0.15, 0.2) is 0 Å². The number of fused-ring (bicyclic) bond motifs is 1. The lowest BCUT2D eigenvalue weighted by molar-refractivity contribution is -0.137. The molecule has 3 rings (SSSR count). The van der Waals surface area contributed by atoms with Crippen LogP contribution in [-0.2, 0) is 12.7 Å². The predicted molar refractivity (Wildman–Crippen MR) is 83.8 cm³/mol. The summed E-state index contributed by atoms with van der Waals surface area (Å²) in [6.45, 7) is 2.23. The molecule has 5 nitrogen and oxygen atoms in total. The summed E-state index contributed by atoms with van der Waals surface area (Å²) in [4.78, 5) is 4.06. The van der Waals surface area contributed by atoms with E-state index < -0.39 is 11.7 Å². The van der Waals surface area contributed by atoms with E-state index in [1.54, 1.807) is 13.1 Å². The molecule has 0 saturated heterocycles. The monoisotopic (exact) mass is 336 g/mol. The standard InChI is InChI=1S/C16H15F3N4O/c1-2-24-14-7-12(16(17,18)19)6-13(22-14)20-8-10-4-3-5-11-9-21-23-15(10)11/h3-7,9H,2,8H2,1H3,(H,20,22)(H,21,23). The van der Waals surface area contributed by atoms with Crippen LogP contribution in [0.5, 0.6) is 5.88 Å². The van der Waals surface area contributed by atoms with Crippen LogP contribution in [0.1, 0.15) is 18.1 Å². The predicted octanol–water partition coefficient (Wildman–Crippen LogP) is 3.99. The van der Waals surface area contributed by atoms with Crippen LogP contribution in [0, 0.1) is 0 Å². The number of hydrogen-bond donors (Lipinski definition) is 2. The highest BCUT2D eigenvalue weighted by atomic mass is 19.4. The Hall–Kier alpha value is -2.77. The van der Waals surface area contributed by atoms with Gasteiger partial charge >= 0.3 is 6.18 Å². The second-order valence-electron chi connectivity index (χ2n) is 5.11. The lowest BCUT2D eigenvalue weighted by Crippen LogP contribution is -2.10. The van der Waals surface area contributed by atoms with Gasteiger partial charge < -0.3 is 10.1 Å². The largest absolute Gasteiger partial charge is 0.478 e. The maximum atomic E-state index is 13.0. The molecule has 126 valence electrons. The Kier molecular flexibility index (Phi) is 4.28. The second-order valence-corrected chi connectivity index (χ2v) is 5.11. The van der Waals surface area contributed by atoms with E-state index in [9.17, 15) is 13.2 Å². The average Bonchev–Trinajstić information content (AvgIpc) is 3.01. The lowest BCUT2D eigenvalue weighted by atomic mass is 10.1. The molecule has 2 heterocycles. The number of H-pyrrole nitrogens is 1. The van der Waals surface area contributed by atoms with Crippen LogP contribution in [0.2, 0.25) is 0 Å². The number of para-hydroxylation sites is 1. The number of aromatic amines is 1. The van der Waals surface area contributed by atoms with E-state index >= 15 is 0 Å². The highest BCUT2D eigenvalue weighted by molar-refractivity contribution is 5.81. The van der Waals surface area contributed by atoms with Gasteiger partial charge in [0.25, 0.3) is 0 Å². The quantitative estimate of drug-likeness (QED) is 0.739. The molecule has 0 fully saturated rings. The summed E-state index contributed by atoms with van der Waals surface area (Å²) < 4.78 is 44.1. The van der Waals surface area contributed by atoms with Crippen molar-refractivity contribution in [3.05, 3.63) is 47.7 Å². The summed E-state index contributed by atoms with van der Waals surface area (Å²) in [6, 6.07) is 7.49. The van der Waals surface area contributed by atoms with Crippen molar-refractivity contribution in [1.29, 1.82) is 0 Å². The van der Waals surface area contributed by atoms with Gasteiger partial charge in [-0.15, -0.1) is 0 Å². The molecule has 2 N–H and O–H groups in total. The van der Waals surface area contributed by atoms with Gasteiger partial charge in [-0.05, 0) is 18.6 Å². The fourth-order valence-electron chi connectivity index (χ4n) is 2.34. The minimum atomic E-state index is -4.46.